The lowest BCUT2D eigenvalue weighted by atomic mass is 10.2. The monoisotopic (exact) mass is 307 g/mol. The minimum absolute atomic E-state index is 0.420. The molecule has 2 rings (SSSR count). The molecule has 18 heavy (non-hydrogen) atoms. The second kappa shape index (κ2) is 5.89. The van der Waals surface area contributed by atoms with Crippen molar-refractivity contribution in [3.05, 3.63) is 52.5 Å². The summed E-state index contributed by atoms with van der Waals surface area (Å²) in [6.45, 7) is 0.420. The molecule has 0 saturated carbocycles. The van der Waals surface area contributed by atoms with Gasteiger partial charge in [-0.2, -0.15) is 0 Å². The summed E-state index contributed by atoms with van der Waals surface area (Å²) in [7, 11) is 1.62. The van der Waals surface area contributed by atoms with Gasteiger partial charge in [0.2, 0.25) is 0 Å². The molecule has 94 valence electrons. The zero-order valence-corrected chi connectivity index (χ0v) is 11.6. The van der Waals surface area contributed by atoms with Gasteiger partial charge in [-0.15, -0.1) is 0 Å². The van der Waals surface area contributed by atoms with Crippen LogP contribution in [0.1, 0.15) is 5.56 Å². The number of rotatable bonds is 4. The molecule has 0 unspecified atom stereocenters. The van der Waals surface area contributed by atoms with E-state index in [0.717, 1.165) is 21.5 Å². The fourth-order valence-electron chi connectivity index (χ4n) is 1.57. The van der Waals surface area contributed by atoms with Crippen molar-refractivity contribution in [3.8, 4) is 17.2 Å². The molecule has 2 N–H and O–H groups in total. The molecule has 0 atom stereocenters. The molecular formula is C14H14BrNO2. The SMILES string of the molecule is COc1ccc(CN)c(Oc2ccccc2Br)c1. The Balaban J connectivity index is 2.35. The van der Waals surface area contributed by atoms with E-state index >= 15 is 0 Å². The van der Waals surface area contributed by atoms with Gasteiger partial charge in [0.15, 0.2) is 0 Å². The zero-order valence-electron chi connectivity index (χ0n) is 10.0. The van der Waals surface area contributed by atoms with Crippen LogP contribution in [0.3, 0.4) is 0 Å². The Kier molecular flexibility index (Phi) is 4.23. The van der Waals surface area contributed by atoms with Crippen LogP contribution >= 0.6 is 15.9 Å². The lowest BCUT2D eigenvalue weighted by Gasteiger charge is -2.12. The number of hydrogen-bond donors (Lipinski definition) is 1. The minimum atomic E-state index is 0.420. The largest absolute Gasteiger partial charge is 0.497 e. The maximum Gasteiger partial charge on any atom is 0.141 e. The molecule has 3 nitrogen and oxygen atoms in total. The first kappa shape index (κ1) is 12.9. The summed E-state index contributed by atoms with van der Waals surface area (Å²) in [6.07, 6.45) is 0. The van der Waals surface area contributed by atoms with Crippen molar-refractivity contribution in [2.24, 2.45) is 5.73 Å². The molecule has 0 amide bonds. The molecule has 2 aromatic rings. The van der Waals surface area contributed by atoms with Gasteiger partial charge in [-0.3, -0.25) is 0 Å². The first-order chi connectivity index (χ1) is 8.74. The predicted octanol–water partition coefficient (Wildman–Crippen LogP) is 3.71. The molecule has 0 spiro atoms. The molecule has 0 aliphatic rings. The minimum Gasteiger partial charge on any atom is -0.497 e. The van der Waals surface area contributed by atoms with Crippen LogP contribution in [0, 0.1) is 0 Å². The molecule has 0 heterocycles. The molecular weight excluding hydrogens is 294 g/mol. The van der Waals surface area contributed by atoms with Crippen LogP contribution in [0.2, 0.25) is 0 Å². The van der Waals surface area contributed by atoms with E-state index in [1.165, 1.54) is 0 Å². The summed E-state index contributed by atoms with van der Waals surface area (Å²) in [5.74, 6) is 2.21. The Morgan fingerprint density at radius 2 is 1.89 bits per heavy atom. The van der Waals surface area contributed by atoms with Crippen molar-refractivity contribution < 1.29 is 9.47 Å². The highest BCUT2D eigenvalue weighted by Gasteiger charge is 2.07. The van der Waals surface area contributed by atoms with Crippen LogP contribution < -0.4 is 15.2 Å². The molecule has 2 aromatic carbocycles. The standard InChI is InChI=1S/C14H14BrNO2/c1-17-11-7-6-10(9-16)14(8-11)18-13-5-3-2-4-12(13)15/h2-8H,9,16H2,1H3. The van der Waals surface area contributed by atoms with Gasteiger partial charge in [0.25, 0.3) is 0 Å². The van der Waals surface area contributed by atoms with Crippen molar-refractivity contribution >= 4 is 15.9 Å². The number of ether oxygens (including phenoxy) is 2. The quantitative estimate of drug-likeness (QED) is 0.936. The van der Waals surface area contributed by atoms with Gasteiger partial charge in [0, 0.05) is 18.2 Å². The van der Waals surface area contributed by atoms with Gasteiger partial charge < -0.3 is 15.2 Å². The van der Waals surface area contributed by atoms with Crippen molar-refractivity contribution in [2.45, 2.75) is 6.54 Å². The number of halogens is 1. The van der Waals surface area contributed by atoms with Crippen molar-refractivity contribution in [1.82, 2.24) is 0 Å². The number of benzene rings is 2. The van der Waals surface area contributed by atoms with Crippen LogP contribution in [0.15, 0.2) is 46.9 Å². The highest BCUT2D eigenvalue weighted by molar-refractivity contribution is 9.10. The average Bonchev–Trinajstić information content (AvgIpc) is 2.41. The Bertz CT molecular complexity index is 543. The molecule has 0 saturated heterocycles. The summed E-state index contributed by atoms with van der Waals surface area (Å²) < 4.78 is 12.0. The van der Waals surface area contributed by atoms with Gasteiger partial charge in [0.05, 0.1) is 11.6 Å². The van der Waals surface area contributed by atoms with Gasteiger partial charge in [-0.25, -0.2) is 0 Å². The molecule has 0 aliphatic heterocycles. The predicted molar refractivity (Wildman–Crippen MR) is 75.1 cm³/mol. The topological polar surface area (TPSA) is 44.5 Å². The fraction of sp³-hybridized carbons (Fsp3) is 0.143. The highest BCUT2D eigenvalue weighted by Crippen LogP contribution is 2.33. The molecule has 0 aromatic heterocycles. The number of para-hydroxylation sites is 1. The van der Waals surface area contributed by atoms with Crippen LogP contribution in [-0.2, 0) is 6.54 Å². The second-order valence-electron chi connectivity index (χ2n) is 3.71. The molecule has 0 aliphatic carbocycles. The Morgan fingerprint density at radius 3 is 2.56 bits per heavy atom. The molecule has 0 fully saturated rings. The van der Waals surface area contributed by atoms with Crippen molar-refractivity contribution in [3.63, 3.8) is 0 Å². The zero-order chi connectivity index (χ0) is 13.0. The van der Waals surface area contributed by atoms with Crippen molar-refractivity contribution in [2.75, 3.05) is 7.11 Å². The third kappa shape index (κ3) is 2.83. The first-order valence-corrected chi connectivity index (χ1v) is 6.33. The van der Waals surface area contributed by atoms with Gasteiger partial charge in [-0.1, -0.05) is 18.2 Å². The van der Waals surface area contributed by atoms with E-state index in [0.29, 0.717) is 12.3 Å². The van der Waals surface area contributed by atoms with E-state index in [4.69, 9.17) is 15.2 Å². The van der Waals surface area contributed by atoms with E-state index in [9.17, 15) is 0 Å². The van der Waals surface area contributed by atoms with E-state index in [2.05, 4.69) is 15.9 Å². The Labute approximate surface area is 115 Å². The Hall–Kier alpha value is -1.52. The summed E-state index contributed by atoms with van der Waals surface area (Å²) in [6, 6.07) is 13.3. The number of hydrogen-bond acceptors (Lipinski definition) is 3. The highest BCUT2D eigenvalue weighted by atomic mass is 79.9. The van der Waals surface area contributed by atoms with E-state index in [1.807, 2.05) is 42.5 Å². The van der Waals surface area contributed by atoms with Crippen LogP contribution in [0.4, 0.5) is 0 Å². The van der Waals surface area contributed by atoms with Crippen LogP contribution in [0.25, 0.3) is 0 Å². The second-order valence-corrected chi connectivity index (χ2v) is 4.56. The van der Waals surface area contributed by atoms with Gasteiger partial charge in [-0.05, 0) is 34.1 Å². The average molecular weight is 308 g/mol. The molecule has 0 radical (unpaired) electrons. The van der Waals surface area contributed by atoms with E-state index in [-0.39, 0.29) is 0 Å². The van der Waals surface area contributed by atoms with Gasteiger partial charge >= 0.3 is 0 Å². The number of methoxy groups -OCH3 is 1. The summed E-state index contributed by atoms with van der Waals surface area (Å²) in [4.78, 5) is 0. The van der Waals surface area contributed by atoms with Crippen molar-refractivity contribution in [1.29, 1.82) is 0 Å². The summed E-state index contributed by atoms with van der Waals surface area (Å²) in [5.41, 5.74) is 6.64. The molecule has 4 heteroatoms. The third-order valence-electron chi connectivity index (χ3n) is 2.55. The van der Waals surface area contributed by atoms with Gasteiger partial charge in [0.1, 0.15) is 17.2 Å². The Morgan fingerprint density at radius 1 is 1.11 bits per heavy atom. The number of nitrogens with two attached hydrogens (primary N) is 1. The van der Waals surface area contributed by atoms with Crippen LogP contribution in [-0.4, -0.2) is 7.11 Å². The van der Waals surface area contributed by atoms with Crippen LogP contribution in [0.5, 0.6) is 17.2 Å². The maximum absolute atomic E-state index is 5.87. The summed E-state index contributed by atoms with van der Waals surface area (Å²) >= 11 is 3.45. The van der Waals surface area contributed by atoms with E-state index in [1.54, 1.807) is 7.11 Å². The first-order valence-electron chi connectivity index (χ1n) is 5.54. The van der Waals surface area contributed by atoms with E-state index < -0.39 is 0 Å². The third-order valence-corrected chi connectivity index (χ3v) is 3.21. The maximum atomic E-state index is 5.87. The lowest BCUT2D eigenvalue weighted by molar-refractivity contribution is 0.408. The lowest BCUT2D eigenvalue weighted by Crippen LogP contribution is -2.00. The summed E-state index contributed by atoms with van der Waals surface area (Å²) in [5, 5.41) is 0. The molecule has 0 bridgehead atoms. The fourth-order valence-corrected chi connectivity index (χ4v) is 1.94. The normalized spacial score (nSPS) is 10.2. The smallest absolute Gasteiger partial charge is 0.141 e.